The molecule has 0 bridgehead atoms. The van der Waals surface area contributed by atoms with Gasteiger partial charge in [0.25, 0.3) is 0 Å². The lowest BCUT2D eigenvalue weighted by Gasteiger charge is -1.99. The van der Waals surface area contributed by atoms with E-state index < -0.39 is 0 Å². The number of hydrogen-bond acceptors (Lipinski definition) is 2. The summed E-state index contributed by atoms with van der Waals surface area (Å²) >= 11 is 1.86. The average molecular weight is 286 g/mol. The molecule has 2 aromatic heterocycles. The van der Waals surface area contributed by atoms with Gasteiger partial charge in [-0.3, -0.25) is 0 Å². The smallest absolute Gasteiger partial charge is 0.0457 e. The van der Waals surface area contributed by atoms with Crippen molar-refractivity contribution in [2.24, 2.45) is 0 Å². The molecule has 3 aromatic rings. The van der Waals surface area contributed by atoms with Crippen LogP contribution in [0.2, 0.25) is 0 Å². The lowest BCUT2D eigenvalue weighted by molar-refractivity contribution is 1.02. The highest BCUT2D eigenvalue weighted by Gasteiger charge is 2.05. The molecule has 0 amide bonds. The van der Waals surface area contributed by atoms with Crippen LogP contribution in [0.1, 0.15) is 17.4 Å². The quantitative estimate of drug-likeness (QED) is 0.708. The second kappa shape index (κ2) is 6.73. The molecule has 3 heteroatoms. The van der Waals surface area contributed by atoms with Gasteiger partial charge in [-0.2, -0.15) is 0 Å². The van der Waals surface area contributed by atoms with Crippen molar-refractivity contribution < 1.29 is 0 Å². The van der Waals surface area contributed by atoms with Gasteiger partial charge in [-0.1, -0.05) is 13.0 Å². The zero-order chi connectivity index (χ0) is 14.5. The molecule has 0 fully saturated rings. The van der Waals surface area contributed by atoms with E-state index in [1.807, 2.05) is 25.4 Å². The topological polar surface area (TPSA) is 27.8 Å². The van der Waals surface area contributed by atoms with Crippen LogP contribution < -0.4 is 5.32 Å². The molecule has 0 saturated carbocycles. The summed E-state index contributed by atoms with van der Waals surface area (Å²) in [6, 6.07) is 11.1. The molecule has 20 heavy (non-hydrogen) atoms. The molecule has 0 unspecified atom stereocenters. The third kappa shape index (κ3) is 3.11. The number of thiophene rings is 1. The molecule has 2 N–H and O–H groups in total. The molecule has 0 atom stereocenters. The number of hydrogen-bond donors (Lipinski definition) is 2. The van der Waals surface area contributed by atoms with Crippen molar-refractivity contribution in [2.75, 3.05) is 14.1 Å². The first kappa shape index (κ1) is 14.8. The monoisotopic (exact) mass is 286 g/mol. The summed E-state index contributed by atoms with van der Waals surface area (Å²) in [5.74, 6) is 0. The number of aromatic amines is 1. The van der Waals surface area contributed by atoms with E-state index in [2.05, 4.69) is 60.7 Å². The highest BCUT2D eigenvalue weighted by Crippen LogP contribution is 2.31. The van der Waals surface area contributed by atoms with E-state index in [0.29, 0.717) is 0 Å². The maximum atomic E-state index is 3.33. The molecule has 0 aliphatic heterocycles. The zero-order valence-electron chi connectivity index (χ0n) is 12.6. The standard InChI is InChI=1S/C15H15NS.C2H7N/c1-3-11-9-16-14-6-5-12(8-13(11)14)15-7-4-10(2)17-15;1-3-2/h4-9,16H,3H2,1-2H3;3H,1-2H3. The minimum atomic E-state index is 1.08. The molecule has 1 aromatic carbocycles. The number of aryl methyl sites for hydroxylation is 2. The molecule has 0 saturated heterocycles. The number of aromatic nitrogens is 1. The van der Waals surface area contributed by atoms with E-state index in [1.165, 1.54) is 31.8 Å². The van der Waals surface area contributed by atoms with Gasteiger partial charge in [0.1, 0.15) is 0 Å². The van der Waals surface area contributed by atoms with Crippen molar-refractivity contribution in [3.63, 3.8) is 0 Å². The van der Waals surface area contributed by atoms with Crippen molar-refractivity contribution in [3.05, 3.63) is 47.0 Å². The Bertz CT molecular complexity index is 679. The molecule has 106 valence electrons. The van der Waals surface area contributed by atoms with E-state index in [9.17, 15) is 0 Å². The predicted octanol–water partition coefficient (Wildman–Crippen LogP) is 4.60. The molecular weight excluding hydrogens is 264 g/mol. The van der Waals surface area contributed by atoms with Gasteiger partial charge in [-0.25, -0.2) is 0 Å². The average Bonchev–Trinajstić information content (AvgIpc) is 3.04. The van der Waals surface area contributed by atoms with Crippen molar-refractivity contribution >= 4 is 22.2 Å². The highest BCUT2D eigenvalue weighted by molar-refractivity contribution is 7.15. The number of H-pyrrole nitrogens is 1. The van der Waals surface area contributed by atoms with Gasteiger partial charge in [0.2, 0.25) is 0 Å². The fourth-order valence-electron chi connectivity index (χ4n) is 2.21. The summed E-state index contributed by atoms with van der Waals surface area (Å²) < 4.78 is 0. The molecule has 0 aliphatic carbocycles. The Morgan fingerprint density at radius 1 is 1.15 bits per heavy atom. The third-order valence-electron chi connectivity index (χ3n) is 3.17. The Morgan fingerprint density at radius 3 is 2.50 bits per heavy atom. The maximum absolute atomic E-state index is 3.33. The van der Waals surface area contributed by atoms with Crippen molar-refractivity contribution in [1.82, 2.24) is 10.3 Å². The van der Waals surface area contributed by atoms with Crippen LogP contribution in [0.5, 0.6) is 0 Å². The van der Waals surface area contributed by atoms with E-state index >= 15 is 0 Å². The van der Waals surface area contributed by atoms with E-state index in [4.69, 9.17) is 0 Å². The number of rotatable bonds is 2. The van der Waals surface area contributed by atoms with Crippen LogP contribution in [0.4, 0.5) is 0 Å². The van der Waals surface area contributed by atoms with Crippen LogP contribution in [0, 0.1) is 6.92 Å². The summed E-state index contributed by atoms with van der Waals surface area (Å²) in [4.78, 5) is 6.05. The summed E-state index contributed by atoms with van der Waals surface area (Å²) in [5, 5.41) is 4.11. The van der Waals surface area contributed by atoms with Gasteiger partial charge in [-0.15, -0.1) is 11.3 Å². The van der Waals surface area contributed by atoms with E-state index in [-0.39, 0.29) is 0 Å². The molecule has 2 nitrogen and oxygen atoms in total. The van der Waals surface area contributed by atoms with Crippen LogP contribution in [-0.4, -0.2) is 19.1 Å². The zero-order valence-corrected chi connectivity index (χ0v) is 13.4. The minimum Gasteiger partial charge on any atom is -0.361 e. The first-order valence-electron chi connectivity index (χ1n) is 6.94. The van der Waals surface area contributed by atoms with Crippen LogP contribution in [0.25, 0.3) is 21.3 Å². The number of nitrogens with one attached hydrogen (secondary N) is 2. The summed E-state index contributed by atoms with van der Waals surface area (Å²) in [7, 11) is 3.75. The first-order chi connectivity index (χ1) is 9.69. The van der Waals surface area contributed by atoms with E-state index in [1.54, 1.807) is 0 Å². The Morgan fingerprint density at radius 2 is 1.90 bits per heavy atom. The lowest BCUT2D eigenvalue weighted by Crippen LogP contribution is -1.89. The van der Waals surface area contributed by atoms with Crippen LogP contribution in [0.3, 0.4) is 0 Å². The third-order valence-corrected chi connectivity index (χ3v) is 4.22. The Kier molecular flexibility index (Phi) is 4.99. The minimum absolute atomic E-state index is 1.08. The van der Waals surface area contributed by atoms with Gasteiger partial charge in [0.15, 0.2) is 0 Å². The fourth-order valence-corrected chi connectivity index (χ4v) is 3.08. The van der Waals surface area contributed by atoms with Gasteiger partial charge < -0.3 is 10.3 Å². The maximum Gasteiger partial charge on any atom is 0.0457 e. The largest absolute Gasteiger partial charge is 0.361 e. The summed E-state index contributed by atoms with van der Waals surface area (Å²) in [5.41, 5.74) is 3.96. The number of benzene rings is 1. The molecule has 0 aliphatic rings. The fraction of sp³-hybridized carbons (Fsp3) is 0.294. The first-order valence-corrected chi connectivity index (χ1v) is 7.76. The molecular formula is C17H22N2S. The summed E-state index contributed by atoms with van der Waals surface area (Å²) in [6.07, 6.45) is 3.20. The van der Waals surface area contributed by atoms with Crippen LogP contribution >= 0.6 is 11.3 Å². The van der Waals surface area contributed by atoms with Gasteiger partial charge in [0, 0.05) is 26.9 Å². The Labute approximate surface area is 124 Å². The Balaban J connectivity index is 0.000000452. The summed E-state index contributed by atoms with van der Waals surface area (Å²) in [6.45, 7) is 4.35. The van der Waals surface area contributed by atoms with Gasteiger partial charge in [-0.05, 0) is 62.8 Å². The highest BCUT2D eigenvalue weighted by atomic mass is 32.1. The van der Waals surface area contributed by atoms with Gasteiger partial charge in [0.05, 0.1) is 0 Å². The van der Waals surface area contributed by atoms with Crippen LogP contribution in [-0.2, 0) is 6.42 Å². The molecule has 3 rings (SSSR count). The van der Waals surface area contributed by atoms with Crippen molar-refractivity contribution in [1.29, 1.82) is 0 Å². The normalized spacial score (nSPS) is 10.4. The van der Waals surface area contributed by atoms with Crippen molar-refractivity contribution in [2.45, 2.75) is 20.3 Å². The molecule has 2 heterocycles. The molecule has 0 radical (unpaired) electrons. The van der Waals surface area contributed by atoms with Crippen LogP contribution in [0.15, 0.2) is 36.5 Å². The lowest BCUT2D eigenvalue weighted by atomic mass is 10.1. The van der Waals surface area contributed by atoms with E-state index in [0.717, 1.165) is 6.42 Å². The molecule has 0 spiro atoms. The second-order valence-electron chi connectivity index (χ2n) is 4.84. The Hall–Kier alpha value is -1.58. The predicted molar refractivity (Wildman–Crippen MR) is 90.7 cm³/mol. The van der Waals surface area contributed by atoms with Gasteiger partial charge >= 0.3 is 0 Å². The van der Waals surface area contributed by atoms with Crippen molar-refractivity contribution in [3.8, 4) is 10.4 Å². The second-order valence-corrected chi connectivity index (χ2v) is 6.13. The number of fused-ring (bicyclic) bond motifs is 1. The SMILES string of the molecule is CCc1c[nH]c2ccc(-c3ccc(C)s3)cc12.CNC.